The molecule has 5 aliphatic rings. The number of aromatic hydroxyl groups is 1. The van der Waals surface area contributed by atoms with Crippen LogP contribution < -0.4 is 5.73 Å². The molecule has 5 nitrogen and oxygen atoms in total. The Hall–Kier alpha value is -4.19. The second-order valence-corrected chi connectivity index (χ2v) is 19.3. The number of aliphatic hydroxyl groups excluding tert-OH is 1. The third kappa shape index (κ3) is 9.19. The van der Waals surface area contributed by atoms with Crippen LogP contribution >= 0.6 is 0 Å². The van der Waals surface area contributed by atoms with Gasteiger partial charge in [-0.1, -0.05) is 148 Å². The van der Waals surface area contributed by atoms with E-state index in [0.29, 0.717) is 24.1 Å². The first-order valence-electron chi connectivity index (χ1n) is 23.6. The molecule has 2 saturated carbocycles. The van der Waals surface area contributed by atoms with Gasteiger partial charge in [-0.25, -0.2) is 0 Å². The van der Waals surface area contributed by atoms with E-state index < -0.39 is 11.9 Å². The third-order valence-electron chi connectivity index (χ3n) is 15.9. The molecule has 60 heavy (non-hydrogen) atoms. The number of benzene rings is 3. The van der Waals surface area contributed by atoms with Gasteiger partial charge in [-0.3, -0.25) is 4.79 Å². The van der Waals surface area contributed by atoms with E-state index in [-0.39, 0.29) is 47.5 Å². The number of phenols is 1. The van der Waals surface area contributed by atoms with E-state index in [1.165, 1.54) is 55.2 Å². The van der Waals surface area contributed by atoms with Crippen molar-refractivity contribution in [2.24, 2.45) is 64.9 Å². The molecule has 3 aromatic rings. The number of fused-ring (bicyclic) bond motifs is 4. The number of hydrogen-bond donors (Lipinski definition) is 4. The molecule has 0 unspecified atom stereocenters. The second kappa shape index (κ2) is 19.7. The summed E-state index contributed by atoms with van der Waals surface area (Å²) < 4.78 is 0. The summed E-state index contributed by atoms with van der Waals surface area (Å²) in [5.74, 6) is 1.26. The lowest BCUT2D eigenvalue weighted by Gasteiger charge is -2.59. The molecule has 8 rings (SSSR count). The number of carbonyl (C=O) groups is 1. The summed E-state index contributed by atoms with van der Waals surface area (Å²) >= 11 is 0. The lowest BCUT2D eigenvalue weighted by Crippen LogP contribution is -2.57. The molecule has 0 aromatic heterocycles. The molecule has 318 valence electrons. The molecule has 0 spiro atoms. The minimum Gasteiger partial charge on any atom is -0.508 e. The van der Waals surface area contributed by atoms with Crippen LogP contribution in [0.5, 0.6) is 5.75 Å². The SMILES string of the molecule is NC[C@H]1C=C[C@@H](C(=O)O)[C@@H]2[C@H]1[C@@H](C[C@@H](CC=CCCC1CCCCC1)CCc1cccc(CO)c1)C=C[C@@H]2[C@]12CCC[C@H](Cc3cccc(O)c3)[C@@H]1C=Cc1ccccc12. The number of aliphatic hydroxyl groups is 1. The van der Waals surface area contributed by atoms with Crippen molar-refractivity contribution in [3.05, 3.63) is 143 Å². The van der Waals surface area contributed by atoms with Gasteiger partial charge in [-0.05, 0) is 158 Å². The first kappa shape index (κ1) is 42.5. The molecule has 5 N–H and O–H groups in total. The fourth-order valence-corrected chi connectivity index (χ4v) is 13.2. The van der Waals surface area contributed by atoms with Gasteiger partial charge >= 0.3 is 5.97 Å². The van der Waals surface area contributed by atoms with E-state index in [9.17, 15) is 20.1 Å². The highest BCUT2D eigenvalue weighted by Gasteiger charge is 2.59. The summed E-state index contributed by atoms with van der Waals surface area (Å²) in [6, 6.07) is 25.1. The zero-order valence-electron chi connectivity index (χ0n) is 35.7. The second-order valence-electron chi connectivity index (χ2n) is 19.3. The minimum atomic E-state index is -0.725. The van der Waals surface area contributed by atoms with Crippen molar-refractivity contribution >= 4 is 12.0 Å². The summed E-state index contributed by atoms with van der Waals surface area (Å²) in [6.07, 6.45) is 36.4. The molecule has 3 aromatic carbocycles. The Labute approximate surface area is 359 Å². The van der Waals surface area contributed by atoms with E-state index in [1.807, 2.05) is 24.3 Å². The zero-order valence-corrected chi connectivity index (χ0v) is 35.7. The van der Waals surface area contributed by atoms with Crippen LogP contribution in [0.2, 0.25) is 0 Å². The Bertz CT molecular complexity index is 2020. The van der Waals surface area contributed by atoms with Gasteiger partial charge in [0.1, 0.15) is 5.75 Å². The molecule has 0 radical (unpaired) electrons. The maximum absolute atomic E-state index is 13.6. The normalized spacial score (nSPS) is 30.4. The van der Waals surface area contributed by atoms with Crippen molar-refractivity contribution in [2.45, 2.75) is 108 Å². The molecule has 0 saturated heterocycles. The summed E-state index contributed by atoms with van der Waals surface area (Å²) in [5, 5.41) is 31.4. The van der Waals surface area contributed by atoms with Crippen LogP contribution in [-0.2, 0) is 29.7 Å². The number of carboxylic acid groups (broad SMARTS) is 1. The van der Waals surface area contributed by atoms with Crippen LogP contribution in [0.15, 0.2) is 115 Å². The number of aryl methyl sites for hydroxylation is 1. The van der Waals surface area contributed by atoms with Crippen LogP contribution in [-0.4, -0.2) is 27.8 Å². The van der Waals surface area contributed by atoms with Crippen LogP contribution in [0, 0.1) is 59.2 Å². The summed E-state index contributed by atoms with van der Waals surface area (Å²) in [6.45, 7) is 0.559. The summed E-state index contributed by atoms with van der Waals surface area (Å²) in [5.41, 5.74) is 12.5. The fraction of sp³-hybridized carbons (Fsp3) is 0.509. The predicted octanol–water partition coefficient (Wildman–Crippen LogP) is 11.6. The number of hydrogen-bond acceptors (Lipinski definition) is 4. The van der Waals surface area contributed by atoms with E-state index in [1.54, 1.807) is 6.07 Å². The molecular formula is C55H69NO4. The molecule has 10 atom stereocenters. The van der Waals surface area contributed by atoms with Crippen molar-refractivity contribution in [3.63, 3.8) is 0 Å². The van der Waals surface area contributed by atoms with Gasteiger partial charge in [0.05, 0.1) is 12.5 Å². The van der Waals surface area contributed by atoms with Crippen molar-refractivity contribution in [1.82, 2.24) is 0 Å². The predicted molar refractivity (Wildman–Crippen MR) is 244 cm³/mol. The first-order valence-corrected chi connectivity index (χ1v) is 23.6. The molecule has 5 heteroatoms. The zero-order chi connectivity index (χ0) is 41.5. The molecular weight excluding hydrogens is 739 g/mol. The highest BCUT2D eigenvalue weighted by molar-refractivity contribution is 5.73. The monoisotopic (exact) mass is 808 g/mol. The highest BCUT2D eigenvalue weighted by Crippen LogP contribution is 2.62. The lowest BCUT2D eigenvalue weighted by atomic mass is 9.44. The van der Waals surface area contributed by atoms with Gasteiger partial charge in [-0.2, -0.15) is 0 Å². The van der Waals surface area contributed by atoms with Crippen molar-refractivity contribution in [3.8, 4) is 5.75 Å². The van der Waals surface area contributed by atoms with E-state index in [4.69, 9.17) is 5.73 Å². The van der Waals surface area contributed by atoms with E-state index in [0.717, 1.165) is 74.8 Å². The first-order chi connectivity index (χ1) is 29.4. The van der Waals surface area contributed by atoms with Gasteiger partial charge in [0.2, 0.25) is 0 Å². The van der Waals surface area contributed by atoms with Crippen molar-refractivity contribution in [1.29, 1.82) is 0 Å². The third-order valence-corrected chi connectivity index (χ3v) is 15.9. The number of allylic oxidation sites excluding steroid dienone is 5. The average molecular weight is 808 g/mol. The Kier molecular flexibility index (Phi) is 13.9. The van der Waals surface area contributed by atoms with Gasteiger partial charge in [0.25, 0.3) is 0 Å². The van der Waals surface area contributed by atoms with Crippen LogP contribution in [0.3, 0.4) is 0 Å². The number of rotatable bonds is 16. The molecule has 0 heterocycles. The largest absolute Gasteiger partial charge is 0.508 e. The maximum Gasteiger partial charge on any atom is 0.310 e. The van der Waals surface area contributed by atoms with Crippen LogP contribution in [0.1, 0.15) is 111 Å². The number of phenolic OH excluding ortho intramolecular Hbond substituents is 1. The Balaban J connectivity index is 1.14. The van der Waals surface area contributed by atoms with Gasteiger partial charge < -0.3 is 21.1 Å². The standard InChI is InChI=1S/C55H69NO4/c56-36-46-25-28-48(54(59)60)53-51(55-31-11-20-44(34-41-17-10-21-47(58)35-41)50(55)29-26-43-19-7-8-22-49(43)55)30-27-45(52(46)53)33-40(24-23-39-16-9-18-42(32-39)37-57)15-6-2-5-14-38-12-3-1-4-13-38/h2,6-10,16-19,21-22,25-30,32,35,38,40,44-46,48,50-53,57-58H,1,3-5,11-15,20,23-24,31,33-34,36-37,56H2,(H,59,60)/t40-,44+,45+,46+,48+,50-,51-,52-,53-,55-/m0/s1. The van der Waals surface area contributed by atoms with Gasteiger partial charge in [0.15, 0.2) is 0 Å². The molecule has 0 bridgehead atoms. The lowest BCUT2D eigenvalue weighted by molar-refractivity contribution is -0.145. The number of aliphatic carboxylic acids is 1. The number of nitrogens with two attached hydrogens (primary N) is 1. The van der Waals surface area contributed by atoms with Crippen LogP contribution in [0.4, 0.5) is 0 Å². The van der Waals surface area contributed by atoms with E-state index in [2.05, 4.69) is 91.1 Å². The van der Waals surface area contributed by atoms with Gasteiger partial charge in [-0.15, -0.1) is 0 Å². The number of carboxylic acids is 1. The Morgan fingerprint density at radius 2 is 1.60 bits per heavy atom. The van der Waals surface area contributed by atoms with Crippen LogP contribution in [0.25, 0.3) is 6.08 Å². The molecule has 2 fully saturated rings. The Morgan fingerprint density at radius 3 is 2.42 bits per heavy atom. The van der Waals surface area contributed by atoms with E-state index >= 15 is 0 Å². The molecule has 0 amide bonds. The quantitative estimate of drug-likeness (QED) is 0.108. The summed E-state index contributed by atoms with van der Waals surface area (Å²) in [4.78, 5) is 13.6. The summed E-state index contributed by atoms with van der Waals surface area (Å²) in [7, 11) is 0. The molecule has 5 aliphatic carbocycles. The Morgan fingerprint density at radius 1 is 0.800 bits per heavy atom. The average Bonchev–Trinajstić information content (AvgIpc) is 3.28. The molecule has 0 aliphatic heterocycles. The topological polar surface area (TPSA) is 104 Å². The van der Waals surface area contributed by atoms with Crippen molar-refractivity contribution < 1.29 is 20.1 Å². The van der Waals surface area contributed by atoms with Crippen molar-refractivity contribution in [2.75, 3.05) is 6.54 Å². The smallest absolute Gasteiger partial charge is 0.310 e. The minimum absolute atomic E-state index is 0.0290. The van der Waals surface area contributed by atoms with Gasteiger partial charge in [0, 0.05) is 5.41 Å². The highest BCUT2D eigenvalue weighted by atomic mass is 16.4. The maximum atomic E-state index is 13.6. The fourth-order valence-electron chi connectivity index (χ4n) is 13.2.